The molecule has 0 amide bonds. The van der Waals surface area contributed by atoms with Crippen molar-refractivity contribution in [1.82, 2.24) is 10.1 Å². The first-order valence-corrected chi connectivity index (χ1v) is 6.96. The van der Waals surface area contributed by atoms with Gasteiger partial charge < -0.3 is 10.3 Å². The number of thiophene rings is 1. The molecule has 0 radical (unpaired) electrons. The first kappa shape index (κ1) is 12.5. The van der Waals surface area contributed by atoms with E-state index in [1.54, 1.807) is 23.5 Å². The van der Waals surface area contributed by atoms with Crippen molar-refractivity contribution in [3.8, 4) is 22.8 Å². The summed E-state index contributed by atoms with van der Waals surface area (Å²) in [4.78, 5) is 4.30. The zero-order chi connectivity index (χ0) is 13.4. The number of anilines is 1. The zero-order valence-electron chi connectivity index (χ0n) is 9.43. The molecule has 7 heteroatoms. The topological polar surface area (TPSA) is 64.9 Å². The molecule has 0 saturated carbocycles. The number of nitrogens with two attached hydrogens (primary N) is 1. The summed E-state index contributed by atoms with van der Waals surface area (Å²) >= 11 is 13.5. The zero-order valence-corrected chi connectivity index (χ0v) is 11.8. The Labute approximate surface area is 122 Å². The van der Waals surface area contributed by atoms with Crippen LogP contribution in [-0.4, -0.2) is 10.1 Å². The van der Waals surface area contributed by atoms with Gasteiger partial charge in [0.15, 0.2) is 0 Å². The minimum atomic E-state index is 0.295. The quantitative estimate of drug-likeness (QED) is 0.714. The minimum Gasteiger partial charge on any atom is -0.397 e. The molecule has 0 unspecified atom stereocenters. The Morgan fingerprint density at radius 2 is 2.11 bits per heavy atom. The molecule has 4 nitrogen and oxygen atoms in total. The monoisotopic (exact) mass is 311 g/mol. The predicted octanol–water partition coefficient (Wildman–Crippen LogP) is 4.35. The summed E-state index contributed by atoms with van der Waals surface area (Å²) in [6.07, 6.45) is 0. The number of nitrogens with zero attached hydrogens (tertiary/aromatic N) is 2. The number of rotatable bonds is 2. The van der Waals surface area contributed by atoms with Gasteiger partial charge in [0.05, 0.1) is 16.3 Å². The van der Waals surface area contributed by atoms with Crippen LogP contribution in [0.3, 0.4) is 0 Å². The largest absolute Gasteiger partial charge is 0.397 e. The third-order valence-corrected chi connectivity index (χ3v) is 3.74. The van der Waals surface area contributed by atoms with Crippen LogP contribution in [0.5, 0.6) is 0 Å². The van der Waals surface area contributed by atoms with Crippen LogP contribution in [0.2, 0.25) is 10.0 Å². The molecule has 0 fully saturated rings. The number of halogens is 2. The Morgan fingerprint density at radius 1 is 1.26 bits per heavy atom. The van der Waals surface area contributed by atoms with Crippen molar-refractivity contribution in [2.24, 2.45) is 0 Å². The molecule has 19 heavy (non-hydrogen) atoms. The van der Waals surface area contributed by atoms with Gasteiger partial charge >= 0.3 is 0 Å². The molecule has 3 rings (SSSR count). The molecule has 96 valence electrons. The van der Waals surface area contributed by atoms with E-state index < -0.39 is 0 Å². The first-order chi connectivity index (χ1) is 9.15. The molecular weight excluding hydrogens is 305 g/mol. The number of aromatic nitrogens is 2. The first-order valence-electron chi connectivity index (χ1n) is 5.26. The fourth-order valence-corrected chi connectivity index (χ4v) is 2.73. The molecular formula is C12H7Cl2N3OS. The maximum Gasteiger partial charge on any atom is 0.260 e. The van der Waals surface area contributed by atoms with E-state index in [1.807, 2.05) is 16.8 Å². The maximum atomic E-state index is 5.98. The molecule has 0 atom stereocenters. The van der Waals surface area contributed by atoms with Gasteiger partial charge in [-0.1, -0.05) is 28.4 Å². The number of benzene rings is 1. The normalized spacial score (nSPS) is 10.8. The molecule has 0 spiro atoms. The average Bonchev–Trinajstić information content (AvgIpc) is 3.03. The highest BCUT2D eigenvalue weighted by atomic mass is 35.5. The van der Waals surface area contributed by atoms with E-state index in [0.717, 1.165) is 5.56 Å². The summed E-state index contributed by atoms with van der Waals surface area (Å²) in [5.41, 5.74) is 7.69. The van der Waals surface area contributed by atoms with E-state index in [-0.39, 0.29) is 0 Å². The van der Waals surface area contributed by atoms with Crippen molar-refractivity contribution in [2.75, 3.05) is 5.73 Å². The molecule has 0 bridgehead atoms. The van der Waals surface area contributed by atoms with Gasteiger partial charge in [-0.25, -0.2) is 0 Å². The van der Waals surface area contributed by atoms with Crippen molar-refractivity contribution in [1.29, 1.82) is 0 Å². The van der Waals surface area contributed by atoms with E-state index in [9.17, 15) is 0 Å². The van der Waals surface area contributed by atoms with Crippen LogP contribution in [0.4, 0.5) is 5.69 Å². The summed E-state index contributed by atoms with van der Waals surface area (Å²) in [5, 5.41) is 8.61. The highest BCUT2D eigenvalue weighted by Crippen LogP contribution is 2.34. The van der Waals surface area contributed by atoms with Gasteiger partial charge in [-0.2, -0.15) is 16.3 Å². The van der Waals surface area contributed by atoms with E-state index in [0.29, 0.717) is 33.0 Å². The third-order valence-electron chi connectivity index (χ3n) is 2.53. The van der Waals surface area contributed by atoms with Gasteiger partial charge in [0.1, 0.15) is 0 Å². The Bertz CT molecular complexity index is 725. The molecule has 0 aliphatic heterocycles. The standard InChI is InChI=1S/C12H7Cl2N3OS/c13-7-3-8(10(15)9(14)4-7)12-16-11(17-18-12)6-1-2-19-5-6/h1-5H,15H2. The van der Waals surface area contributed by atoms with Crippen molar-refractivity contribution in [2.45, 2.75) is 0 Å². The lowest BCUT2D eigenvalue weighted by atomic mass is 10.2. The predicted molar refractivity (Wildman–Crippen MR) is 77.5 cm³/mol. The molecule has 3 aromatic rings. The third kappa shape index (κ3) is 2.32. The second-order valence-electron chi connectivity index (χ2n) is 3.78. The fourth-order valence-electron chi connectivity index (χ4n) is 1.60. The van der Waals surface area contributed by atoms with Crippen LogP contribution < -0.4 is 5.73 Å². The van der Waals surface area contributed by atoms with Crippen LogP contribution in [-0.2, 0) is 0 Å². The fraction of sp³-hybridized carbons (Fsp3) is 0. The number of nitrogen functional groups attached to an aromatic ring is 1. The molecule has 0 aliphatic carbocycles. The molecule has 2 heterocycles. The Balaban J connectivity index is 2.09. The molecule has 1 aromatic carbocycles. The van der Waals surface area contributed by atoms with Gasteiger partial charge in [-0.3, -0.25) is 0 Å². The van der Waals surface area contributed by atoms with Gasteiger partial charge in [0.25, 0.3) is 5.89 Å². The van der Waals surface area contributed by atoms with E-state index in [2.05, 4.69) is 10.1 Å². The number of hydrogen-bond donors (Lipinski definition) is 1. The van der Waals surface area contributed by atoms with E-state index in [4.69, 9.17) is 33.5 Å². The average molecular weight is 312 g/mol. The van der Waals surface area contributed by atoms with Gasteiger partial charge in [-0.15, -0.1) is 0 Å². The van der Waals surface area contributed by atoms with Crippen LogP contribution in [0.15, 0.2) is 33.5 Å². The van der Waals surface area contributed by atoms with Crippen LogP contribution in [0, 0.1) is 0 Å². The second kappa shape index (κ2) is 4.85. The van der Waals surface area contributed by atoms with Crippen molar-refractivity contribution in [3.05, 3.63) is 39.0 Å². The lowest BCUT2D eigenvalue weighted by Gasteiger charge is -2.03. The number of hydrogen-bond acceptors (Lipinski definition) is 5. The van der Waals surface area contributed by atoms with Crippen molar-refractivity contribution < 1.29 is 4.52 Å². The van der Waals surface area contributed by atoms with Crippen molar-refractivity contribution in [3.63, 3.8) is 0 Å². The van der Waals surface area contributed by atoms with Crippen molar-refractivity contribution >= 4 is 40.2 Å². The summed E-state index contributed by atoms with van der Waals surface area (Å²) in [7, 11) is 0. The Hall–Kier alpha value is -1.56. The maximum absolute atomic E-state index is 5.98. The Morgan fingerprint density at radius 3 is 2.84 bits per heavy atom. The second-order valence-corrected chi connectivity index (χ2v) is 5.41. The van der Waals surface area contributed by atoms with Gasteiger partial charge in [-0.05, 0) is 23.6 Å². The van der Waals surface area contributed by atoms with Crippen LogP contribution in [0.25, 0.3) is 22.8 Å². The van der Waals surface area contributed by atoms with E-state index in [1.165, 1.54) is 0 Å². The molecule has 2 aromatic heterocycles. The summed E-state index contributed by atoms with van der Waals surface area (Å²) in [6, 6.07) is 5.12. The van der Waals surface area contributed by atoms with Gasteiger partial charge in [0, 0.05) is 16.0 Å². The minimum absolute atomic E-state index is 0.295. The van der Waals surface area contributed by atoms with Gasteiger partial charge in [0.2, 0.25) is 5.82 Å². The smallest absolute Gasteiger partial charge is 0.260 e. The highest BCUT2D eigenvalue weighted by Gasteiger charge is 2.15. The molecule has 2 N–H and O–H groups in total. The lowest BCUT2D eigenvalue weighted by molar-refractivity contribution is 0.432. The summed E-state index contributed by atoms with van der Waals surface area (Å²) in [5.74, 6) is 0.801. The van der Waals surface area contributed by atoms with E-state index >= 15 is 0 Å². The van der Waals surface area contributed by atoms with Crippen LogP contribution in [0.1, 0.15) is 0 Å². The Kier molecular flexibility index (Phi) is 3.18. The molecule has 0 saturated heterocycles. The molecule has 0 aliphatic rings. The lowest BCUT2D eigenvalue weighted by Crippen LogP contribution is -1.92. The van der Waals surface area contributed by atoms with Crippen LogP contribution >= 0.6 is 34.5 Å². The highest BCUT2D eigenvalue weighted by molar-refractivity contribution is 7.08. The summed E-state index contributed by atoms with van der Waals surface area (Å²) in [6.45, 7) is 0. The summed E-state index contributed by atoms with van der Waals surface area (Å²) < 4.78 is 5.21. The SMILES string of the molecule is Nc1c(Cl)cc(Cl)cc1-c1nc(-c2ccsc2)no1.